The second-order valence-electron chi connectivity index (χ2n) is 7.58. The molecular formula is C19H22O4S. The van der Waals surface area contributed by atoms with Crippen LogP contribution in [0.1, 0.15) is 20.3 Å². The summed E-state index contributed by atoms with van der Waals surface area (Å²) in [4.78, 5) is 13.2. The number of esters is 1. The van der Waals surface area contributed by atoms with Crippen molar-refractivity contribution in [3.05, 3.63) is 42.5 Å². The van der Waals surface area contributed by atoms with Crippen molar-refractivity contribution in [1.82, 2.24) is 0 Å². The molecule has 0 N–H and O–H groups in total. The second-order valence-corrected chi connectivity index (χ2v) is 8.63. The maximum atomic E-state index is 12.1. The summed E-state index contributed by atoms with van der Waals surface area (Å²) >= 11 is 1.69. The molecule has 1 spiro atoms. The molecule has 0 aromatic heterocycles. The Bertz CT molecular complexity index is 659. The van der Waals surface area contributed by atoms with Gasteiger partial charge in [-0.15, -0.1) is 11.8 Å². The zero-order valence-corrected chi connectivity index (χ0v) is 14.8. The molecule has 0 saturated carbocycles. The first-order valence-corrected chi connectivity index (χ1v) is 9.30. The monoisotopic (exact) mass is 346 g/mol. The van der Waals surface area contributed by atoms with Gasteiger partial charge in [0.2, 0.25) is 0 Å². The minimum Gasteiger partial charge on any atom is -0.453 e. The Hall–Kier alpha value is -1.30. The summed E-state index contributed by atoms with van der Waals surface area (Å²) in [7, 11) is 0. The summed E-state index contributed by atoms with van der Waals surface area (Å²) in [5.41, 5.74) is -0.647. The fourth-order valence-electron chi connectivity index (χ4n) is 3.56. The molecule has 5 heteroatoms. The van der Waals surface area contributed by atoms with Crippen LogP contribution in [0.25, 0.3) is 0 Å². The summed E-state index contributed by atoms with van der Waals surface area (Å²) in [5.74, 6) is -0.444. The molecule has 0 unspecified atom stereocenters. The Kier molecular flexibility index (Phi) is 3.79. The molecule has 1 aromatic carbocycles. The number of carbonyl (C=O) groups is 1. The minimum absolute atomic E-state index is 0.00734. The van der Waals surface area contributed by atoms with E-state index in [1.54, 1.807) is 11.8 Å². The van der Waals surface area contributed by atoms with Crippen molar-refractivity contribution in [2.24, 2.45) is 11.3 Å². The van der Waals surface area contributed by atoms with Crippen LogP contribution in [0.15, 0.2) is 47.4 Å². The number of benzene rings is 1. The van der Waals surface area contributed by atoms with Gasteiger partial charge in [-0.2, -0.15) is 0 Å². The normalized spacial score (nSPS) is 32.8. The molecule has 24 heavy (non-hydrogen) atoms. The fourth-order valence-corrected chi connectivity index (χ4v) is 4.66. The van der Waals surface area contributed by atoms with E-state index in [0.717, 1.165) is 4.90 Å². The van der Waals surface area contributed by atoms with Gasteiger partial charge in [0, 0.05) is 16.1 Å². The molecule has 1 aliphatic carbocycles. The van der Waals surface area contributed by atoms with Crippen molar-refractivity contribution in [1.29, 1.82) is 0 Å². The first-order chi connectivity index (χ1) is 11.4. The van der Waals surface area contributed by atoms with E-state index >= 15 is 0 Å². The summed E-state index contributed by atoms with van der Waals surface area (Å²) in [6.45, 7) is 5.47. The van der Waals surface area contributed by atoms with Crippen LogP contribution < -0.4 is 0 Å². The fraction of sp³-hybridized carbons (Fsp3) is 0.526. The van der Waals surface area contributed by atoms with Gasteiger partial charge in [-0.1, -0.05) is 32.0 Å². The molecule has 0 bridgehead atoms. The highest BCUT2D eigenvalue weighted by molar-refractivity contribution is 7.99. The van der Waals surface area contributed by atoms with Gasteiger partial charge in [-0.3, -0.25) is 4.79 Å². The number of hydrogen-bond donors (Lipinski definition) is 0. The van der Waals surface area contributed by atoms with Crippen LogP contribution in [0.2, 0.25) is 0 Å². The van der Waals surface area contributed by atoms with Crippen molar-refractivity contribution < 1.29 is 19.0 Å². The molecular weight excluding hydrogens is 324 g/mol. The van der Waals surface area contributed by atoms with Gasteiger partial charge in [0.25, 0.3) is 0 Å². The van der Waals surface area contributed by atoms with Gasteiger partial charge in [0.1, 0.15) is 5.60 Å². The lowest BCUT2D eigenvalue weighted by atomic mass is 9.86. The molecule has 2 saturated heterocycles. The number of carbonyl (C=O) groups excluding carboxylic acids is 1. The molecule has 3 aliphatic rings. The Labute approximate surface area is 146 Å². The van der Waals surface area contributed by atoms with E-state index in [9.17, 15) is 4.79 Å². The smallest absolute Gasteiger partial charge is 0.307 e. The first kappa shape index (κ1) is 16.2. The third-order valence-corrected chi connectivity index (χ3v) is 6.13. The zero-order chi connectivity index (χ0) is 16.8. The van der Waals surface area contributed by atoms with E-state index in [0.29, 0.717) is 25.4 Å². The predicted octanol–water partition coefficient (Wildman–Crippen LogP) is 3.42. The van der Waals surface area contributed by atoms with Crippen molar-refractivity contribution in [3.63, 3.8) is 0 Å². The van der Waals surface area contributed by atoms with E-state index in [1.165, 1.54) is 0 Å². The van der Waals surface area contributed by atoms with Gasteiger partial charge in [0.05, 0.1) is 25.6 Å². The average molecular weight is 346 g/mol. The molecule has 4 nitrogen and oxygen atoms in total. The van der Waals surface area contributed by atoms with Gasteiger partial charge < -0.3 is 14.2 Å². The van der Waals surface area contributed by atoms with E-state index in [-0.39, 0.29) is 17.3 Å². The van der Waals surface area contributed by atoms with Gasteiger partial charge >= 0.3 is 5.97 Å². The maximum Gasteiger partial charge on any atom is 0.307 e. The molecule has 1 aromatic rings. The van der Waals surface area contributed by atoms with E-state index in [2.05, 4.69) is 26.0 Å². The van der Waals surface area contributed by atoms with Crippen LogP contribution in [-0.2, 0) is 19.0 Å². The van der Waals surface area contributed by atoms with E-state index < -0.39 is 11.4 Å². The lowest BCUT2D eigenvalue weighted by molar-refractivity contribution is -0.297. The summed E-state index contributed by atoms with van der Waals surface area (Å²) in [5, 5.41) is 0. The molecule has 2 aliphatic heterocycles. The summed E-state index contributed by atoms with van der Waals surface area (Å²) in [6, 6.07) is 10.2. The number of fused-ring (bicyclic) bond motifs is 2. The predicted molar refractivity (Wildman–Crippen MR) is 91.7 cm³/mol. The minimum atomic E-state index is -0.821. The van der Waals surface area contributed by atoms with Crippen LogP contribution in [0.4, 0.5) is 0 Å². The van der Waals surface area contributed by atoms with Crippen molar-refractivity contribution in [2.75, 3.05) is 19.0 Å². The lowest BCUT2D eigenvalue weighted by Gasteiger charge is -2.44. The van der Waals surface area contributed by atoms with Gasteiger partial charge in [0.15, 0.2) is 5.79 Å². The SMILES string of the molecule is CC1(C)COC2(C=C[C@]3(CSc4ccccc4)OC(=O)C[C@H]23)OC1. The molecule has 2 atom stereocenters. The standard InChI is InChI=1S/C19H22O4S/c1-17(2)11-21-19(22-12-17)9-8-18(15(19)10-16(20)23-18)13-24-14-6-4-3-5-7-14/h3-9,15H,10-13H2,1-2H3/t15-,18+/m0/s1. The highest BCUT2D eigenvalue weighted by Gasteiger charge is 2.63. The van der Waals surface area contributed by atoms with Crippen LogP contribution in [0.5, 0.6) is 0 Å². The molecule has 0 amide bonds. The molecule has 2 fully saturated rings. The zero-order valence-electron chi connectivity index (χ0n) is 14.0. The molecule has 128 valence electrons. The Morgan fingerprint density at radius 3 is 2.54 bits per heavy atom. The number of rotatable bonds is 3. The van der Waals surface area contributed by atoms with E-state index in [1.807, 2.05) is 30.4 Å². The van der Waals surface area contributed by atoms with Crippen LogP contribution in [0, 0.1) is 11.3 Å². The molecule has 4 rings (SSSR count). The highest BCUT2D eigenvalue weighted by atomic mass is 32.2. The Morgan fingerprint density at radius 2 is 1.83 bits per heavy atom. The van der Waals surface area contributed by atoms with Crippen molar-refractivity contribution in [2.45, 2.75) is 36.6 Å². The van der Waals surface area contributed by atoms with Crippen LogP contribution >= 0.6 is 11.8 Å². The summed E-state index contributed by atoms with van der Waals surface area (Å²) < 4.78 is 18.0. The lowest BCUT2D eigenvalue weighted by Crippen LogP contribution is -2.53. The summed E-state index contributed by atoms with van der Waals surface area (Å²) in [6.07, 6.45) is 4.28. The Balaban J connectivity index is 1.55. The third-order valence-electron chi connectivity index (χ3n) is 4.93. The maximum absolute atomic E-state index is 12.1. The van der Waals surface area contributed by atoms with Crippen molar-refractivity contribution in [3.8, 4) is 0 Å². The Morgan fingerprint density at radius 1 is 1.12 bits per heavy atom. The molecule has 0 radical (unpaired) electrons. The number of thioether (sulfide) groups is 1. The quantitative estimate of drug-likeness (QED) is 0.477. The van der Waals surface area contributed by atoms with Crippen LogP contribution in [0.3, 0.4) is 0 Å². The number of ether oxygens (including phenoxy) is 3. The average Bonchev–Trinajstić information content (AvgIpc) is 3.04. The van der Waals surface area contributed by atoms with E-state index in [4.69, 9.17) is 14.2 Å². The van der Waals surface area contributed by atoms with Crippen LogP contribution in [-0.4, -0.2) is 36.3 Å². The largest absolute Gasteiger partial charge is 0.453 e. The number of hydrogen-bond acceptors (Lipinski definition) is 5. The highest BCUT2D eigenvalue weighted by Crippen LogP contribution is 2.53. The topological polar surface area (TPSA) is 44.8 Å². The van der Waals surface area contributed by atoms with Gasteiger partial charge in [-0.05, 0) is 24.3 Å². The second kappa shape index (κ2) is 5.61. The first-order valence-electron chi connectivity index (χ1n) is 8.31. The third kappa shape index (κ3) is 2.68. The molecule has 2 heterocycles. The van der Waals surface area contributed by atoms with Crippen molar-refractivity contribution >= 4 is 17.7 Å². The van der Waals surface area contributed by atoms with Gasteiger partial charge in [-0.25, -0.2) is 0 Å².